The predicted molar refractivity (Wildman–Crippen MR) is 86.4 cm³/mol. The van der Waals surface area contributed by atoms with E-state index in [-0.39, 0.29) is 24.2 Å². The third kappa shape index (κ3) is 4.62. The Hall–Kier alpha value is -1.26. The Morgan fingerprint density at radius 1 is 1.27 bits per heavy atom. The van der Waals surface area contributed by atoms with Crippen molar-refractivity contribution in [3.63, 3.8) is 0 Å². The van der Waals surface area contributed by atoms with Gasteiger partial charge in [-0.2, -0.15) is 0 Å². The Balaban J connectivity index is 1.94. The van der Waals surface area contributed by atoms with Crippen LogP contribution in [0.25, 0.3) is 0 Å². The van der Waals surface area contributed by atoms with Gasteiger partial charge >= 0.3 is 5.97 Å². The van der Waals surface area contributed by atoms with Crippen molar-refractivity contribution < 1.29 is 14.7 Å². The molecule has 6 heteroatoms. The summed E-state index contributed by atoms with van der Waals surface area (Å²) < 4.78 is 0. The van der Waals surface area contributed by atoms with E-state index in [0.29, 0.717) is 16.5 Å². The quantitative estimate of drug-likeness (QED) is 0.824. The average Bonchev–Trinajstić information content (AvgIpc) is 3.15. The summed E-state index contributed by atoms with van der Waals surface area (Å²) in [4.78, 5) is 22.9. The van der Waals surface area contributed by atoms with Crippen molar-refractivity contribution in [2.75, 3.05) is 0 Å². The van der Waals surface area contributed by atoms with Gasteiger partial charge < -0.3 is 10.4 Å². The van der Waals surface area contributed by atoms with Crippen LogP contribution in [0, 0.1) is 5.92 Å². The number of carboxylic acids is 1. The summed E-state index contributed by atoms with van der Waals surface area (Å²) in [6.07, 6.45) is 1.19. The molecule has 120 valence electrons. The number of carboxylic acid groups (broad SMARTS) is 1. The number of amides is 1. The lowest BCUT2D eigenvalue weighted by Crippen LogP contribution is -2.44. The van der Waals surface area contributed by atoms with Gasteiger partial charge in [0, 0.05) is 27.9 Å². The first-order valence-electron chi connectivity index (χ1n) is 7.18. The normalized spacial score (nSPS) is 20.5. The van der Waals surface area contributed by atoms with Gasteiger partial charge in [0.2, 0.25) is 5.91 Å². The van der Waals surface area contributed by atoms with Crippen LogP contribution in [0.3, 0.4) is 0 Å². The minimum Gasteiger partial charge on any atom is -0.481 e. The Bertz CT molecular complexity index is 581. The topological polar surface area (TPSA) is 66.4 Å². The van der Waals surface area contributed by atoms with Crippen molar-refractivity contribution in [2.45, 2.75) is 44.6 Å². The molecular formula is C16H19Cl2NO3. The summed E-state index contributed by atoms with van der Waals surface area (Å²) in [5, 5.41) is 12.8. The number of rotatable bonds is 6. The van der Waals surface area contributed by atoms with Crippen LogP contribution in [0.5, 0.6) is 0 Å². The standard InChI is InChI=1S/C16H19Cl2NO3/c1-16(2,4-3-14(20)21)19-15(22)13-8-12(13)9-5-10(17)7-11(18)6-9/h5-7,12-13H,3-4,8H2,1-2H3,(H,19,22)(H,20,21). The Kier molecular flexibility index (Phi) is 5.03. The largest absolute Gasteiger partial charge is 0.481 e. The lowest BCUT2D eigenvalue weighted by Gasteiger charge is -2.25. The van der Waals surface area contributed by atoms with Crippen LogP contribution in [-0.4, -0.2) is 22.5 Å². The van der Waals surface area contributed by atoms with Gasteiger partial charge in [-0.05, 0) is 56.4 Å². The number of benzene rings is 1. The second-order valence-electron chi connectivity index (χ2n) is 6.42. The van der Waals surface area contributed by atoms with Crippen molar-refractivity contribution in [2.24, 2.45) is 5.92 Å². The SMILES string of the molecule is CC(C)(CCC(=O)O)NC(=O)C1CC1c1cc(Cl)cc(Cl)c1. The van der Waals surface area contributed by atoms with Crippen LogP contribution in [0.2, 0.25) is 10.0 Å². The number of hydrogen-bond acceptors (Lipinski definition) is 2. The van der Waals surface area contributed by atoms with Crippen molar-refractivity contribution in [1.29, 1.82) is 0 Å². The Morgan fingerprint density at radius 3 is 2.41 bits per heavy atom. The molecule has 1 saturated carbocycles. The zero-order valence-electron chi connectivity index (χ0n) is 12.5. The molecule has 1 amide bonds. The molecule has 1 aromatic carbocycles. The van der Waals surface area contributed by atoms with Gasteiger partial charge in [-0.3, -0.25) is 9.59 Å². The van der Waals surface area contributed by atoms with E-state index in [0.717, 1.165) is 12.0 Å². The lowest BCUT2D eigenvalue weighted by molar-refractivity contribution is -0.138. The number of hydrogen-bond donors (Lipinski definition) is 2. The molecule has 1 aliphatic rings. The van der Waals surface area contributed by atoms with E-state index in [9.17, 15) is 9.59 Å². The van der Waals surface area contributed by atoms with Gasteiger partial charge in [0.1, 0.15) is 0 Å². The Labute approximate surface area is 139 Å². The molecule has 0 saturated heterocycles. The monoisotopic (exact) mass is 343 g/mol. The van der Waals surface area contributed by atoms with Crippen LogP contribution in [-0.2, 0) is 9.59 Å². The number of aliphatic carboxylic acids is 1. The highest BCUT2D eigenvalue weighted by atomic mass is 35.5. The number of halogens is 2. The molecule has 0 aliphatic heterocycles. The van der Waals surface area contributed by atoms with Crippen LogP contribution in [0.4, 0.5) is 0 Å². The maximum absolute atomic E-state index is 12.3. The first-order valence-corrected chi connectivity index (χ1v) is 7.93. The molecule has 0 radical (unpaired) electrons. The van der Waals surface area contributed by atoms with E-state index in [2.05, 4.69) is 5.32 Å². The minimum atomic E-state index is -0.861. The molecule has 0 heterocycles. The zero-order valence-corrected chi connectivity index (χ0v) is 14.0. The molecule has 0 aromatic heterocycles. The van der Waals surface area contributed by atoms with Gasteiger partial charge in [-0.15, -0.1) is 0 Å². The van der Waals surface area contributed by atoms with E-state index in [1.54, 1.807) is 6.07 Å². The van der Waals surface area contributed by atoms with E-state index >= 15 is 0 Å². The smallest absolute Gasteiger partial charge is 0.303 e. The van der Waals surface area contributed by atoms with Crippen molar-refractivity contribution in [3.8, 4) is 0 Å². The molecule has 0 bridgehead atoms. The zero-order chi connectivity index (χ0) is 16.5. The summed E-state index contributed by atoms with van der Waals surface area (Å²) in [6.45, 7) is 3.67. The third-order valence-corrected chi connectivity index (χ3v) is 4.30. The van der Waals surface area contributed by atoms with Crippen LogP contribution < -0.4 is 5.32 Å². The Morgan fingerprint density at radius 2 is 1.86 bits per heavy atom. The van der Waals surface area contributed by atoms with E-state index < -0.39 is 11.5 Å². The summed E-state index contributed by atoms with van der Waals surface area (Å²) in [7, 11) is 0. The van der Waals surface area contributed by atoms with Gasteiger partial charge in [0.15, 0.2) is 0 Å². The molecule has 22 heavy (non-hydrogen) atoms. The molecule has 2 N–H and O–H groups in total. The lowest BCUT2D eigenvalue weighted by atomic mass is 9.98. The van der Waals surface area contributed by atoms with E-state index in [1.807, 2.05) is 26.0 Å². The average molecular weight is 344 g/mol. The summed E-state index contributed by atoms with van der Waals surface area (Å²) in [6, 6.07) is 5.33. The summed E-state index contributed by atoms with van der Waals surface area (Å²) >= 11 is 12.0. The highest BCUT2D eigenvalue weighted by Crippen LogP contribution is 2.48. The molecule has 0 spiro atoms. The second kappa shape index (κ2) is 6.47. The van der Waals surface area contributed by atoms with Gasteiger partial charge in [-0.1, -0.05) is 23.2 Å². The fraction of sp³-hybridized carbons (Fsp3) is 0.500. The molecular weight excluding hydrogens is 325 g/mol. The van der Waals surface area contributed by atoms with Crippen LogP contribution in [0.1, 0.15) is 44.6 Å². The minimum absolute atomic E-state index is 0.0330. The maximum atomic E-state index is 12.3. The predicted octanol–water partition coefficient (Wildman–Crippen LogP) is 3.86. The molecule has 2 unspecified atom stereocenters. The van der Waals surface area contributed by atoms with E-state index in [4.69, 9.17) is 28.3 Å². The summed E-state index contributed by atoms with van der Waals surface area (Å²) in [5.74, 6) is -0.873. The van der Waals surface area contributed by atoms with Crippen LogP contribution >= 0.6 is 23.2 Å². The van der Waals surface area contributed by atoms with Crippen molar-refractivity contribution in [1.82, 2.24) is 5.32 Å². The highest BCUT2D eigenvalue weighted by molar-refractivity contribution is 6.34. The molecule has 2 atom stereocenters. The van der Waals surface area contributed by atoms with Crippen molar-refractivity contribution >= 4 is 35.1 Å². The van der Waals surface area contributed by atoms with Gasteiger partial charge in [0.25, 0.3) is 0 Å². The van der Waals surface area contributed by atoms with Gasteiger partial charge in [-0.25, -0.2) is 0 Å². The third-order valence-electron chi connectivity index (χ3n) is 3.87. The fourth-order valence-electron chi connectivity index (χ4n) is 2.55. The molecule has 4 nitrogen and oxygen atoms in total. The number of carbonyl (C=O) groups is 2. The molecule has 1 aromatic rings. The first kappa shape index (κ1) is 17.1. The molecule has 1 aliphatic carbocycles. The van der Waals surface area contributed by atoms with Gasteiger partial charge in [0.05, 0.1) is 0 Å². The molecule has 1 fully saturated rings. The fourth-order valence-corrected chi connectivity index (χ4v) is 3.09. The number of carbonyl (C=O) groups excluding carboxylic acids is 1. The molecule has 2 rings (SSSR count). The van der Waals surface area contributed by atoms with Crippen molar-refractivity contribution in [3.05, 3.63) is 33.8 Å². The second-order valence-corrected chi connectivity index (χ2v) is 7.29. The first-order chi connectivity index (χ1) is 10.2. The number of nitrogens with one attached hydrogen (secondary N) is 1. The van der Waals surface area contributed by atoms with E-state index in [1.165, 1.54) is 0 Å². The summed E-state index contributed by atoms with van der Waals surface area (Å²) in [5.41, 5.74) is 0.440. The maximum Gasteiger partial charge on any atom is 0.303 e. The highest BCUT2D eigenvalue weighted by Gasteiger charge is 2.45. The van der Waals surface area contributed by atoms with Crippen LogP contribution in [0.15, 0.2) is 18.2 Å².